The van der Waals surface area contributed by atoms with Crippen LogP contribution in [0, 0.1) is 6.92 Å². The zero-order chi connectivity index (χ0) is 22.3. The van der Waals surface area contributed by atoms with Crippen LogP contribution in [0.15, 0.2) is 22.6 Å². The van der Waals surface area contributed by atoms with Gasteiger partial charge in [0.15, 0.2) is 5.78 Å². The number of imide groups is 1. The Morgan fingerprint density at radius 1 is 1.13 bits per heavy atom. The van der Waals surface area contributed by atoms with Gasteiger partial charge in [-0.15, -0.1) is 0 Å². The maximum Gasteiger partial charge on any atom is 0.261 e. The van der Waals surface area contributed by atoms with Gasteiger partial charge in [0, 0.05) is 11.6 Å². The number of ketones is 1. The van der Waals surface area contributed by atoms with Gasteiger partial charge in [0.1, 0.15) is 11.3 Å². The molecule has 4 amide bonds. The fraction of sp³-hybridized carbons (Fsp3) is 0.286. The van der Waals surface area contributed by atoms with Crippen LogP contribution in [0.25, 0.3) is 0 Å². The summed E-state index contributed by atoms with van der Waals surface area (Å²) in [5, 5.41) is 2.42. The van der Waals surface area contributed by atoms with Crippen LogP contribution in [0.1, 0.15) is 84.7 Å². The minimum atomic E-state index is -0.925. The van der Waals surface area contributed by atoms with Gasteiger partial charge in [-0.2, -0.15) is 0 Å². The molecule has 0 radical (unpaired) electrons. The molecule has 3 rings (SSSR count). The van der Waals surface area contributed by atoms with Gasteiger partial charge < -0.3 is 10.2 Å². The van der Waals surface area contributed by atoms with Crippen molar-refractivity contribution in [2.75, 3.05) is 5.32 Å². The maximum absolute atomic E-state index is 12.7. The number of amides is 4. The topological polar surface area (TPSA) is 140 Å². The van der Waals surface area contributed by atoms with Gasteiger partial charge in [0.25, 0.3) is 23.6 Å². The van der Waals surface area contributed by atoms with E-state index < -0.39 is 29.4 Å². The van der Waals surface area contributed by atoms with E-state index in [1.165, 1.54) is 36.9 Å². The summed E-state index contributed by atoms with van der Waals surface area (Å²) in [6.45, 7) is 6.36. The Hall–Kier alpha value is -3.75. The monoisotopic (exact) mass is 411 g/mol. The van der Waals surface area contributed by atoms with E-state index >= 15 is 0 Å². The summed E-state index contributed by atoms with van der Waals surface area (Å²) in [6, 6.07) is 3.85. The maximum atomic E-state index is 12.7. The Bertz CT molecular complexity index is 1110. The van der Waals surface area contributed by atoms with E-state index in [4.69, 9.17) is 10.2 Å². The molecule has 2 aromatic rings. The van der Waals surface area contributed by atoms with E-state index in [2.05, 4.69) is 5.32 Å². The van der Waals surface area contributed by atoms with Crippen LogP contribution in [-0.2, 0) is 0 Å². The molecule has 0 fully saturated rings. The van der Waals surface area contributed by atoms with Crippen molar-refractivity contribution in [3.05, 3.63) is 51.8 Å². The predicted octanol–water partition coefficient (Wildman–Crippen LogP) is 2.54. The van der Waals surface area contributed by atoms with Crippen LogP contribution in [0.4, 0.5) is 5.88 Å². The number of fused-ring (bicyclic) bond motifs is 1. The molecule has 2 heterocycles. The lowest BCUT2D eigenvalue weighted by Crippen LogP contribution is -2.37. The molecule has 9 nitrogen and oxygen atoms in total. The first kappa shape index (κ1) is 21.0. The van der Waals surface area contributed by atoms with Gasteiger partial charge in [-0.25, -0.2) is 0 Å². The molecule has 0 bridgehead atoms. The van der Waals surface area contributed by atoms with Crippen LogP contribution < -0.4 is 11.1 Å². The summed E-state index contributed by atoms with van der Waals surface area (Å²) in [6.07, 6.45) is 0.602. The molecular formula is C21H21N3O6. The Morgan fingerprint density at radius 3 is 2.33 bits per heavy atom. The number of hydrogen-bond acceptors (Lipinski definition) is 6. The molecule has 1 aliphatic heterocycles. The Labute approximate surface area is 172 Å². The van der Waals surface area contributed by atoms with Crippen LogP contribution in [0.5, 0.6) is 0 Å². The second-order valence-corrected chi connectivity index (χ2v) is 7.11. The van der Waals surface area contributed by atoms with E-state index in [0.717, 1.165) is 0 Å². The first-order valence-electron chi connectivity index (χ1n) is 9.35. The summed E-state index contributed by atoms with van der Waals surface area (Å²) in [4.78, 5) is 62.7. The molecule has 1 unspecified atom stereocenters. The summed E-state index contributed by atoms with van der Waals surface area (Å²) in [5.41, 5.74) is 5.56. The van der Waals surface area contributed by atoms with Gasteiger partial charge >= 0.3 is 0 Å². The number of carbonyl (C=O) groups is 5. The normalized spacial score (nSPS) is 13.9. The van der Waals surface area contributed by atoms with Crippen molar-refractivity contribution in [1.82, 2.24) is 4.90 Å². The van der Waals surface area contributed by atoms with Crippen molar-refractivity contribution in [2.45, 2.75) is 40.2 Å². The standard InChI is InChI=1S/C21H21N3O6/c1-5-9(2)24-20(28)13-7-6-12(8-14(13)21(24)29)18(27)23-19-16(17(22)26)15(10(3)25)11(4)30-19/h6-9H,5H2,1-4H3,(H2,22,26)(H,23,27). The molecule has 156 valence electrons. The summed E-state index contributed by atoms with van der Waals surface area (Å²) >= 11 is 0. The molecule has 0 spiro atoms. The number of rotatable bonds is 6. The van der Waals surface area contributed by atoms with Gasteiger partial charge in [0.2, 0.25) is 5.88 Å². The summed E-state index contributed by atoms with van der Waals surface area (Å²) in [7, 11) is 0. The average Bonchev–Trinajstić information content (AvgIpc) is 3.15. The van der Waals surface area contributed by atoms with Gasteiger partial charge in [0.05, 0.1) is 16.7 Å². The lowest BCUT2D eigenvalue weighted by Gasteiger charge is -2.20. The van der Waals surface area contributed by atoms with Crippen molar-refractivity contribution in [2.24, 2.45) is 5.73 Å². The Morgan fingerprint density at radius 2 is 1.77 bits per heavy atom. The third-order valence-corrected chi connectivity index (χ3v) is 5.12. The number of anilines is 1. The predicted molar refractivity (Wildman–Crippen MR) is 107 cm³/mol. The molecular weight excluding hydrogens is 390 g/mol. The number of nitrogens with zero attached hydrogens (tertiary/aromatic N) is 1. The smallest absolute Gasteiger partial charge is 0.261 e. The van der Waals surface area contributed by atoms with Crippen LogP contribution in [-0.4, -0.2) is 40.4 Å². The highest BCUT2D eigenvalue weighted by atomic mass is 16.4. The van der Waals surface area contributed by atoms with Crippen molar-refractivity contribution < 1.29 is 28.4 Å². The first-order chi connectivity index (χ1) is 14.1. The summed E-state index contributed by atoms with van der Waals surface area (Å²) < 4.78 is 5.37. The fourth-order valence-corrected chi connectivity index (χ4v) is 3.45. The third-order valence-electron chi connectivity index (χ3n) is 5.12. The number of nitrogens with one attached hydrogen (secondary N) is 1. The van der Waals surface area contributed by atoms with Crippen molar-refractivity contribution in [3.63, 3.8) is 0 Å². The molecule has 0 saturated heterocycles. The van der Waals surface area contributed by atoms with E-state index in [1.807, 2.05) is 6.92 Å². The van der Waals surface area contributed by atoms with Crippen molar-refractivity contribution in [1.29, 1.82) is 0 Å². The SMILES string of the molecule is CCC(C)N1C(=O)c2ccc(C(=O)Nc3oc(C)c(C(C)=O)c3C(N)=O)cc2C1=O. The number of Topliss-reactive ketones (excluding diaryl/α,β-unsaturated/α-hetero) is 1. The number of benzene rings is 1. The van der Waals surface area contributed by atoms with Crippen LogP contribution in [0.2, 0.25) is 0 Å². The molecule has 1 aromatic heterocycles. The molecule has 0 aliphatic carbocycles. The largest absolute Gasteiger partial charge is 0.444 e. The number of carbonyl (C=O) groups excluding carboxylic acids is 5. The second kappa shape index (κ2) is 7.58. The molecule has 3 N–H and O–H groups in total. The minimum absolute atomic E-state index is 0.00303. The van der Waals surface area contributed by atoms with Gasteiger partial charge in [-0.05, 0) is 45.4 Å². The zero-order valence-corrected chi connectivity index (χ0v) is 17.0. The first-order valence-corrected chi connectivity index (χ1v) is 9.35. The van der Waals surface area contributed by atoms with E-state index in [9.17, 15) is 24.0 Å². The number of nitrogens with two attached hydrogens (primary N) is 1. The average molecular weight is 411 g/mol. The van der Waals surface area contributed by atoms with Crippen LogP contribution in [0.3, 0.4) is 0 Å². The zero-order valence-electron chi connectivity index (χ0n) is 17.0. The fourth-order valence-electron chi connectivity index (χ4n) is 3.45. The summed E-state index contributed by atoms with van der Waals surface area (Å²) in [5.74, 6) is -3.02. The Kier molecular flexibility index (Phi) is 5.30. The number of furan rings is 1. The lowest BCUT2D eigenvalue weighted by molar-refractivity contribution is 0.0593. The molecule has 30 heavy (non-hydrogen) atoms. The van der Waals surface area contributed by atoms with E-state index in [1.54, 1.807) is 6.92 Å². The lowest BCUT2D eigenvalue weighted by atomic mass is 10.0. The quantitative estimate of drug-likeness (QED) is 0.553. The van der Waals surface area contributed by atoms with Gasteiger partial charge in [-0.3, -0.25) is 34.2 Å². The van der Waals surface area contributed by atoms with Crippen LogP contribution >= 0.6 is 0 Å². The highest BCUT2D eigenvalue weighted by Crippen LogP contribution is 2.29. The van der Waals surface area contributed by atoms with E-state index in [-0.39, 0.29) is 45.5 Å². The molecule has 9 heteroatoms. The highest BCUT2D eigenvalue weighted by Gasteiger charge is 2.38. The van der Waals surface area contributed by atoms with Crippen molar-refractivity contribution in [3.8, 4) is 0 Å². The molecule has 1 atom stereocenters. The molecule has 1 aliphatic rings. The Balaban J connectivity index is 1.95. The molecule has 0 saturated carbocycles. The van der Waals surface area contributed by atoms with Gasteiger partial charge in [-0.1, -0.05) is 6.92 Å². The highest BCUT2D eigenvalue weighted by molar-refractivity contribution is 6.22. The second-order valence-electron chi connectivity index (χ2n) is 7.11. The van der Waals surface area contributed by atoms with E-state index in [0.29, 0.717) is 6.42 Å². The number of primary amides is 1. The molecule has 1 aromatic carbocycles. The third kappa shape index (κ3) is 3.28. The number of aryl methyl sites for hydroxylation is 1. The minimum Gasteiger partial charge on any atom is -0.444 e. The number of hydrogen-bond donors (Lipinski definition) is 2. The van der Waals surface area contributed by atoms with Crippen molar-refractivity contribution >= 4 is 35.3 Å².